The van der Waals surface area contributed by atoms with E-state index in [9.17, 15) is 30.8 Å². The van der Waals surface area contributed by atoms with E-state index in [1.807, 2.05) is 6.92 Å². The summed E-state index contributed by atoms with van der Waals surface area (Å²) in [5.74, 6) is 0.0130. The lowest BCUT2D eigenvalue weighted by molar-refractivity contribution is 0.00380. The molecular weight excluding hydrogens is 504 g/mol. The number of unbranched alkanes of at least 4 members (excludes halogenated alkanes) is 1. The van der Waals surface area contributed by atoms with Crippen molar-refractivity contribution in [1.82, 2.24) is 0 Å². The molecule has 34 heavy (non-hydrogen) atoms. The SMILES string of the molecule is CCCCS(=O)(=O)Oc1ccc(S(=O)(=O)C(=[N+]=[N-])S(=O)(=O)c2ccc(OC(C)(C)C)cc2)cc1. The number of rotatable bonds is 8. The molecule has 2 aromatic carbocycles. The van der Waals surface area contributed by atoms with Gasteiger partial charge in [0.1, 0.15) is 17.1 Å². The molecule has 0 amide bonds. The van der Waals surface area contributed by atoms with Crippen molar-refractivity contribution in [2.45, 2.75) is 55.9 Å². The van der Waals surface area contributed by atoms with Gasteiger partial charge >= 0.3 is 14.5 Å². The molecule has 0 heterocycles. The van der Waals surface area contributed by atoms with Crippen molar-refractivity contribution in [3.8, 4) is 11.5 Å². The maximum absolute atomic E-state index is 12.9. The van der Waals surface area contributed by atoms with Crippen molar-refractivity contribution in [3.63, 3.8) is 0 Å². The number of nitrogens with zero attached hydrogens (tertiary/aromatic N) is 2. The molecule has 0 fully saturated rings. The van der Waals surface area contributed by atoms with E-state index in [2.05, 4.69) is 4.79 Å². The topological polar surface area (TPSA) is 157 Å². The van der Waals surface area contributed by atoms with E-state index in [1.54, 1.807) is 20.8 Å². The van der Waals surface area contributed by atoms with Gasteiger partial charge in [-0.15, -0.1) is 4.79 Å². The lowest BCUT2D eigenvalue weighted by Gasteiger charge is -2.21. The lowest BCUT2D eigenvalue weighted by Crippen LogP contribution is -2.26. The maximum Gasteiger partial charge on any atom is 0.504 e. The Labute approximate surface area is 200 Å². The molecule has 0 radical (unpaired) electrons. The van der Waals surface area contributed by atoms with Gasteiger partial charge in [0.15, 0.2) is 0 Å². The minimum absolute atomic E-state index is 0.144. The van der Waals surface area contributed by atoms with Crippen LogP contribution in [0.2, 0.25) is 0 Å². The highest BCUT2D eigenvalue weighted by molar-refractivity contribution is 8.31. The summed E-state index contributed by atoms with van der Waals surface area (Å²) in [5, 5.41) is 0. The number of sulfone groups is 2. The zero-order chi connectivity index (χ0) is 25.8. The lowest BCUT2D eigenvalue weighted by atomic mass is 10.2. The Hall–Kier alpha value is -2.73. The fraction of sp³-hybridized carbons (Fsp3) is 0.381. The maximum atomic E-state index is 12.9. The van der Waals surface area contributed by atoms with Gasteiger partial charge in [0.05, 0.1) is 15.5 Å². The molecular formula is C21H26N2O8S3. The molecule has 0 bridgehead atoms. The minimum atomic E-state index is -4.79. The molecule has 2 aromatic rings. The van der Waals surface area contributed by atoms with Crippen LogP contribution in [0.15, 0.2) is 58.3 Å². The number of benzene rings is 2. The first-order chi connectivity index (χ1) is 15.6. The van der Waals surface area contributed by atoms with Gasteiger partial charge in [0, 0.05) is 0 Å². The van der Waals surface area contributed by atoms with E-state index < -0.39 is 49.6 Å². The van der Waals surface area contributed by atoms with Crippen LogP contribution in [-0.2, 0) is 29.8 Å². The van der Waals surface area contributed by atoms with Gasteiger partial charge < -0.3 is 14.5 Å². The molecule has 0 aliphatic rings. The van der Waals surface area contributed by atoms with Crippen LogP contribution in [0.4, 0.5) is 0 Å². The van der Waals surface area contributed by atoms with Crippen LogP contribution >= 0.6 is 0 Å². The summed E-state index contributed by atoms with van der Waals surface area (Å²) in [5.41, 5.74) is 8.78. The van der Waals surface area contributed by atoms with E-state index in [0.29, 0.717) is 18.6 Å². The van der Waals surface area contributed by atoms with Gasteiger partial charge in [-0.1, -0.05) is 13.3 Å². The molecule has 0 aliphatic heterocycles. The van der Waals surface area contributed by atoms with Crippen molar-refractivity contribution in [2.75, 3.05) is 5.75 Å². The second-order valence-electron chi connectivity index (χ2n) is 8.23. The largest absolute Gasteiger partial charge is 0.504 e. The fourth-order valence-corrected chi connectivity index (χ4v) is 7.15. The monoisotopic (exact) mass is 530 g/mol. The first-order valence-electron chi connectivity index (χ1n) is 10.2. The Kier molecular flexibility index (Phi) is 8.30. The molecule has 0 N–H and O–H groups in total. The van der Waals surface area contributed by atoms with Crippen LogP contribution in [0.5, 0.6) is 11.5 Å². The number of hydrogen-bond donors (Lipinski definition) is 0. The molecule has 0 saturated heterocycles. The minimum Gasteiger partial charge on any atom is -0.488 e. The molecule has 186 valence electrons. The zero-order valence-corrected chi connectivity index (χ0v) is 21.6. The van der Waals surface area contributed by atoms with Crippen LogP contribution in [0.3, 0.4) is 0 Å². The fourth-order valence-electron chi connectivity index (χ4n) is 2.68. The number of ether oxygens (including phenoxy) is 1. The van der Waals surface area contributed by atoms with Crippen molar-refractivity contribution in [1.29, 1.82) is 0 Å². The third-order valence-corrected chi connectivity index (χ3v) is 9.62. The second kappa shape index (κ2) is 10.3. The number of hydrogen-bond acceptors (Lipinski definition) is 8. The van der Waals surface area contributed by atoms with Gasteiger partial charge in [-0.05, 0) is 75.7 Å². The smallest absolute Gasteiger partial charge is 0.488 e. The van der Waals surface area contributed by atoms with Crippen LogP contribution in [0, 0.1) is 0 Å². The average Bonchev–Trinajstić information content (AvgIpc) is 2.71. The summed E-state index contributed by atoms with van der Waals surface area (Å²) in [7, 11) is -13.4. The van der Waals surface area contributed by atoms with Crippen LogP contribution in [0.1, 0.15) is 40.5 Å². The summed E-state index contributed by atoms with van der Waals surface area (Å²) >= 11 is 0. The normalized spacial score (nSPS) is 12.6. The Morgan fingerprint density at radius 1 is 0.824 bits per heavy atom. The van der Waals surface area contributed by atoms with E-state index in [4.69, 9.17) is 8.92 Å². The van der Waals surface area contributed by atoms with Gasteiger partial charge in [0.25, 0.3) is 19.7 Å². The Bertz CT molecular complexity index is 1380. The summed E-state index contributed by atoms with van der Waals surface area (Å²) in [6, 6.07) is 9.02. The highest BCUT2D eigenvalue weighted by Crippen LogP contribution is 2.25. The summed E-state index contributed by atoms with van der Waals surface area (Å²) in [6.07, 6.45) is 1.04. The van der Waals surface area contributed by atoms with E-state index in [-0.39, 0.29) is 11.5 Å². The van der Waals surface area contributed by atoms with Gasteiger partial charge in [0.2, 0.25) is 0 Å². The molecule has 0 aromatic heterocycles. The summed E-state index contributed by atoms with van der Waals surface area (Å²) in [4.78, 5) is 1.61. The highest BCUT2D eigenvalue weighted by Gasteiger charge is 2.44. The summed E-state index contributed by atoms with van der Waals surface area (Å²) < 4.78 is 84.5. The standard InChI is InChI=1S/C21H26N2O8S3/c1-5-6-15-32(24,25)31-17-9-13-19(14-10-17)34(28,29)20(23-22)33(26,27)18-11-7-16(8-12-18)30-21(2,3)4/h7-14H,5-6,15H2,1-4H3. The zero-order valence-electron chi connectivity index (χ0n) is 19.1. The predicted molar refractivity (Wildman–Crippen MR) is 126 cm³/mol. The van der Waals surface area contributed by atoms with Crippen LogP contribution < -0.4 is 8.92 Å². The van der Waals surface area contributed by atoms with Gasteiger partial charge in [-0.3, -0.25) is 0 Å². The third kappa shape index (κ3) is 6.89. The molecule has 2 rings (SSSR count). The molecule has 0 aliphatic carbocycles. The van der Waals surface area contributed by atoms with Crippen LogP contribution in [-0.4, -0.2) is 45.8 Å². The first-order valence-corrected chi connectivity index (χ1v) is 14.7. The third-order valence-electron chi connectivity index (χ3n) is 4.20. The average molecular weight is 531 g/mol. The Morgan fingerprint density at radius 3 is 1.65 bits per heavy atom. The van der Waals surface area contributed by atoms with Crippen molar-refractivity contribution in [2.24, 2.45) is 0 Å². The van der Waals surface area contributed by atoms with Crippen molar-refractivity contribution in [3.05, 3.63) is 54.1 Å². The van der Waals surface area contributed by atoms with E-state index >= 15 is 0 Å². The Morgan fingerprint density at radius 2 is 1.26 bits per heavy atom. The molecule has 13 heteroatoms. The van der Waals surface area contributed by atoms with E-state index in [1.165, 1.54) is 12.1 Å². The molecule has 10 nitrogen and oxygen atoms in total. The van der Waals surface area contributed by atoms with Crippen molar-refractivity contribution >= 4 is 34.2 Å². The van der Waals surface area contributed by atoms with Gasteiger partial charge in [-0.2, -0.15) is 8.42 Å². The molecule has 0 saturated carbocycles. The van der Waals surface area contributed by atoms with Crippen LogP contribution in [0.25, 0.3) is 5.53 Å². The Balaban J connectivity index is 2.34. The van der Waals surface area contributed by atoms with Crippen molar-refractivity contribution < 1.29 is 39.0 Å². The molecule has 0 unspecified atom stereocenters. The first kappa shape index (κ1) is 27.5. The van der Waals surface area contributed by atoms with E-state index in [0.717, 1.165) is 36.4 Å². The highest BCUT2D eigenvalue weighted by atomic mass is 32.3. The predicted octanol–water partition coefficient (Wildman–Crippen LogP) is 3.21. The molecule has 0 spiro atoms. The van der Waals surface area contributed by atoms with Gasteiger partial charge in [-0.25, -0.2) is 16.8 Å². The molecule has 0 atom stereocenters. The second-order valence-corrected chi connectivity index (χ2v) is 13.9. The summed E-state index contributed by atoms with van der Waals surface area (Å²) in [6.45, 7) is 7.23. The quantitative estimate of drug-likeness (QED) is 0.165.